The van der Waals surface area contributed by atoms with Crippen LogP contribution in [0.2, 0.25) is 0 Å². The molecule has 2 aromatic carbocycles. The molecule has 0 unspecified atom stereocenters. The molecule has 0 aliphatic rings. The van der Waals surface area contributed by atoms with Crippen LogP contribution in [-0.2, 0) is 12.7 Å². The van der Waals surface area contributed by atoms with Gasteiger partial charge in [-0.1, -0.05) is 24.3 Å². The van der Waals surface area contributed by atoms with Gasteiger partial charge in [-0.2, -0.15) is 18.4 Å². The van der Waals surface area contributed by atoms with E-state index in [2.05, 4.69) is 10.3 Å². The van der Waals surface area contributed by atoms with Crippen LogP contribution in [0.4, 0.5) is 13.2 Å². The molecular weight excluding hydrogens is 473 g/mol. The molecule has 1 atom stereocenters. The number of hydrogen-bond acceptors (Lipinski definition) is 4. The molecule has 36 heavy (non-hydrogen) atoms. The molecule has 0 aliphatic heterocycles. The van der Waals surface area contributed by atoms with Gasteiger partial charge in [0.2, 0.25) is 0 Å². The lowest BCUT2D eigenvalue weighted by atomic mass is 10.1. The van der Waals surface area contributed by atoms with Crippen LogP contribution in [0.5, 0.6) is 0 Å². The highest BCUT2D eigenvalue weighted by Gasteiger charge is 2.31. The maximum absolute atomic E-state index is 13.4. The van der Waals surface area contributed by atoms with Gasteiger partial charge < -0.3 is 15.0 Å². The summed E-state index contributed by atoms with van der Waals surface area (Å²) in [5.74, 6) is -1.69. The average Bonchev–Trinajstić information content (AvgIpc) is 3.17. The van der Waals surface area contributed by atoms with E-state index in [9.17, 15) is 28.0 Å². The number of pyridine rings is 1. The predicted molar refractivity (Wildman–Crippen MR) is 124 cm³/mol. The van der Waals surface area contributed by atoms with Crippen molar-refractivity contribution in [2.75, 3.05) is 0 Å². The second kappa shape index (κ2) is 9.54. The normalized spacial score (nSPS) is 12.2. The van der Waals surface area contributed by atoms with E-state index < -0.39 is 29.7 Å². The van der Waals surface area contributed by atoms with Gasteiger partial charge >= 0.3 is 12.1 Å². The summed E-state index contributed by atoms with van der Waals surface area (Å²) in [6, 6.07) is 13.8. The molecule has 0 aliphatic carbocycles. The van der Waals surface area contributed by atoms with Crippen LogP contribution in [-0.4, -0.2) is 26.5 Å². The molecule has 1 amide bonds. The number of nitriles is 1. The molecule has 0 saturated carbocycles. The van der Waals surface area contributed by atoms with E-state index in [0.29, 0.717) is 22.0 Å². The first-order chi connectivity index (χ1) is 17.1. The Hall–Kier alpha value is -4.65. The maximum Gasteiger partial charge on any atom is 0.416 e. The lowest BCUT2D eigenvalue weighted by Gasteiger charge is -2.17. The van der Waals surface area contributed by atoms with Crippen molar-refractivity contribution < 1.29 is 27.9 Å². The molecule has 0 radical (unpaired) electrons. The smallest absolute Gasteiger partial charge is 0.416 e. The van der Waals surface area contributed by atoms with E-state index in [1.54, 1.807) is 25.1 Å². The molecule has 182 valence electrons. The lowest BCUT2D eigenvalue weighted by molar-refractivity contribution is -0.137. The summed E-state index contributed by atoms with van der Waals surface area (Å²) in [5, 5.41) is 22.1. The number of benzene rings is 2. The zero-order valence-corrected chi connectivity index (χ0v) is 18.9. The summed E-state index contributed by atoms with van der Waals surface area (Å²) in [4.78, 5) is 28.5. The van der Waals surface area contributed by atoms with Crippen LogP contribution in [0.3, 0.4) is 0 Å². The first-order valence-electron chi connectivity index (χ1n) is 10.8. The topological polar surface area (TPSA) is 108 Å². The standard InChI is InChI=1S/C26H19F3N4O3/c1-15(17-5-7-18(8-6-17)25(35)36)32-24(34)23-20(12-30)21-13-31-10-9-22(21)33(23)14-16-3-2-4-19(11-16)26(27,28)29/h2-11,13,15H,14H2,1H3,(H,32,34)(H,35,36)/t15-/m0/s1. The van der Waals surface area contributed by atoms with Crippen LogP contribution in [0.15, 0.2) is 67.0 Å². The van der Waals surface area contributed by atoms with Crippen LogP contribution in [0.25, 0.3) is 10.9 Å². The summed E-state index contributed by atoms with van der Waals surface area (Å²) < 4.78 is 41.2. The van der Waals surface area contributed by atoms with E-state index in [1.165, 1.54) is 41.2 Å². The molecule has 10 heteroatoms. The number of nitrogens with one attached hydrogen (secondary N) is 1. The quantitative estimate of drug-likeness (QED) is 0.386. The van der Waals surface area contributed by atoms with Gasteiger partial charge in [0.05, 0.1) is 28.2 Å². The minimum Gasteiger partial charge on any atom is -0.478 e. The molecule has 4 rings (SSSR count). The Kier molecular flexibility index (Phi) is 6.49. The van der Waals surface area contributed by atoms with Gasteiger partial charge in [0.1, 0.15) is 11.8 Å². The third-order valence-electron chi connectivity index (χ3n) is 5.79. The molecule has 2 heterocycles. The highest BCUT2D eigenvalue weighted by atomic mass is 19.4. The van der Waals surface area contributed by atoms with Crippen LogP contribution in [0, 0.1) is 11.3 Å². The zero-order chi connectivity index (χ0) is 26.0. The van der Waals surface area contributed by atoms with Gasteiger partial charge in [0.15, 0.2) is 0 Å². The first kappa shape index (κ1) is 24.5. The fourth-order valence-electron chi connectivity index (χ4n) is 4.00. The largest absolute Gasteiger partial charge is 0.478 e. The Morgan fingerprint density at radius 2 is 1.89 bits per heavy atom. The second-order valence-electron chi connectivity index (χ2n) is 8.13. The first-order valence-corrected chi connectivity index (χ1v) is 10.8. The van der Waals surface area contributed by atoms with Crippen molar-refractivity contribution in [1.29, 1.82) is 5.26 Å². The van der Waals surface area contributed by atoms with Crippen molar-refractivity contribution in [3.63, 3.8) is 0 Å². The Morgan fingerprint density at radius 3 is 2.53 bits per heavy atom. The highest BCUT2D eigenvalue weighted by molar-refractivity contribution is 6.03. The number of amides is 1. The number of halogens is 3. The van der Waals surface area contributed by atoms with Crippen LogP contribution < -0.4 is 5.32 Å². The van der Waals surface area contributed by atoms with Gasteiger partial charge in [-0.25, -0.2) is 4.79 Å². The van der Waals surface area contributed by atoms with Crippen molar-refractivity contribution in [3.05, 3.63) is 101 Å². The molecule has 0 spiro atoms. The van der Waals surface area contributed by atoms with Crippen LogP contribution in [0.1, 0.15) is 56.1 Å². The molecule has 0 bridgehead atoms. The second-order valence-corrected chi connectivity index (χ2v) is 8.13. The van der Waals surface area contributed by atoms with E-state index in [-0.39, 0.29) is 23.4 Å². The molecule has 0 fully saturated rings. The fourth-order valence-corrected chi connectivity index (χ4v) is 4.00. The number of carbonyl (C=O) groups excluding carboxylic acids is 1. The number of aromatic carboxylic acids is 1. The Labute approximate surface area is 203 Å². The fraction of sp³-hybridized carbons (Fsp3) is 0.154. The minimum atomic E-state index is -4.53. The third-order valence-corrected chi connectivity index (χ3v) is 5.79. The molecule has 4 aromatic rings. The highest BCUT2D eigenvalue weighted by Crippen LogP contribution is 2.31. The van der Waals surface area contributed by atoms with Crippen LogP contribution >= 0.6 is 0 Å². The minimum absolute atomic E-state index is 0.00748. The molecule has 7 nitrogen and oxygen atoms in total. The van der Waals surface area contributed by atoms with Gasteiger partial charge in [-0.3, -0.25) is 9.78 Å². The van der Waals surface area contributed by atoms with Crippen molar-refractivity contribution in [2.24, 2.45) is 0 Å². The number of carboxylic acid groups (broad SMARTS) is 1. The molecular formula is C26H19F3N4O3. The van der Waals surface area contributed by atoms with Gasteiger partial charge in [0.25, 0.3) is 5.91 Å². The molecule has 2 aromatic heterocycles. The number of fused-ring (bicyclic) bond motifs is 1. The molecule has 0 saturated heterocycles. The number of rotatable bonds is 6. The van der Waals surface area contributed by atoms with E-state index in [0.717, 1.165) is 12.1 Å². The Bertz CT molecular complexity index is 1500. The number of alkyl halides is 3. The average molecular weight is 492 g/mol. The summed E-state index contributed by atoms with van der Waals surface area (Å²) in [5.41, 5.74) is 0.731. The number of aromatic nitrogens is 2. The van der Waals surface area contributed by atoms with Gasteiger partial charge in [-0.15, -0.1) is 0 Å². The van der Waals surface area contributed by atoms with E-state index in [4.69, 9.17) is 5.11 Å². The summed E-state index contributed by atoms with van der Waals surface area (Å²) in [6.07, 6.45) is -1.62. The van der Waals surface area contributed by atoms with Gasteiger partial charge in [0, 0.05) is 24.3 Å². The SMILES string of the molecule is C[C@H](NC(=O)c1c(C#N)c2cnccc2n1Cc1cccc(C(F)(F)F)c1)c1ccc(C(=O)O)cc1. The van der Waals surface area contributed by atoms with Crippen molar-refractivity contribution in [2.45, 2.75) is 25.7 Å². The Morgan fingerprint density at radius 1 is 1.17 bits per heavy atom. The van der Waals surface area contributed by atoms with Crippen molar-refractivity contribution in [3.8, 4) is 6.07 Å². The number of hydrogen-bond donors (Lipinski definition) is 2. The third kappa shape index (κ3) is 4.77. The van der Waals surface area contributed by atoms with E-state index in [1.807, 2.05) is 6.07 Å². The van der Waals surface area contributed by atoms with E-state index >= 15 is 0 Å². The summed E-state index contributed by atoms with van der Waals surface area (Å²) in [6.45, 7) is 1.61. The molecule has 2 N–H and O–H groups in total. The van der Waals surface area contributed by atoms with Gasteiger partial charge in [-0.05, 0) is 48.4 Å². The zero-order valence-electron chi connectivity index (χ0n) is 18.9. The number of carboxylic acids is 1. The number of nitrogens with zero attached hydrogens (tertiary/aromatic N) is 3. The van der Waals surface area contributed by atoms with Crippen molar-refractivity contribution in [1.82, 2.24) is 14.9 Å². The Balaban J connectivity index is 1.74. The summed E-state index contributed by atoms with van der Waals surface area (Å²) in [7, 11) is 0. The summed E-state index contributed by atoms with van der Waals surface area (Å²) >= 11 is 0. The predicted octanol–water partition coefficient (Wildman–Crippen LogP) is 5.16. The monoisotopic (exact) mass is 492 g/mol. The van der Waals surface area contributed by atoms with Crippen molar-refractivity contribution >= 4 is 22.8 Å². The number of carbonyl (C=O) groups is 2. The maximum atomic E-state index is 13.4. The lowest BCUT2D eigenvalue weighted by Crippen LogP contribution is -2.29.